The Morgan fingerprint density at radius 2 is 1.72 bits per heavy atom. The maximum Gasteiger partial charge on any atom is 0.336 e. The van der Waals surface area contributed by atoms with Crippen molar-refractivity contribution in [1.29, 1.82) is 0 Å². The zero-order chi connectivity index (χ0) is 25.7. The van der Waals surface area contributed by atoms with E-state index >= 15 is 0 Å². The molecule has 0 unspecified atom stereocenters. The predicted molar refractivity (Wildman–Crippen MR) is 138 cm³/mol. The van der Waals surface area contributed by atoms with Gasteiger partial charge in [0.25, 0.3) is 0 Å². The van der Waals surface area contributed by atoms with Gasteiger partial charge >= 0.3 is 5.97 Å². The highest BCUT2D eigenvalue weighted by molar-refractivity contribution is 7.99. The number of nitrogens with one attached hydrogen (secondary N) is 1. The van der Waals surface area contributed by atoms with E-state index in [1.807, 2.05) is 48.5 Å². The Kier molecular flexibility index (Phi) is 8.43. The number of aliphatic hydroxyl groups excluding tert-OH is 1. The molecule has 1 aliphatic rings. The number of amides is 1. The molecule has 0 spiro atoms. The van der Waals surface area contributed by atoms with Gasteiger partial charge in [-0.3, -0.25) is 4.79 Å². The van der Waals surface area contributed by atoms with Gasteiger partial charge in [0.15, 0.2) is 6.29 Å². The van der Waals surface area contributed by atoms with Gasteiger partial charge in [-0.15, -0.1) is 11.8 Å². The van der Waals surface area contributed by atoms with Gasteiger partial charge < -0.3 is 25.0 Å². The van der Waals surface area contributed by atoms with Crippen molar-refractivity contribution in [3.63, 3.8) is 0 Å². The Labute approximate surface area is 214 Å². The molecule has 7 nitrogen and oxygen atoms in total. The largest absolute Gasteiger partial charge is 0.478 e. The first-order chi connectivity index (χ1) is 17.4. The maximum atomic E-state index is 11.7. The summed E-state index contributed by atoms with van der Waals surface area (Å²) in [6, 6.07) is 22.0. The summed E-state index contributed by atoms with van der Waals surface area (Å²) < 4.78 is 12.9. The summed E-state index contributed by atoms with van der Waals surface area (Å²) in [6.45, 7) is 3.48. The zero-order valence-electron chi connectivity index (χ0n) is 20.1. The van der Waals surface area contributed by atoms with Gasteiger partial charge in [0, 0.05) is 34.7 Å². The molecule has 8 heteroatoms. The average molecular weight is 508 g/mol. The molecule has 0 aromatic heterocycles. The fourth-order valence-electron chi connectivity index (χ4n) is 4.22. The highest BCUT2D eigenvalue weighted by Gasteiger charge is 2.38. The van der Waals surface area contributed by atoms with Crippen molar-refractivity contribution in [3.8, 4) is 0 Å². The van der Waals surface area contributed by atoms with Crippen LogP contribution in [0.3, 0.4) is 0 Å². The number of anilines is 1. The summed E-state index contributed by atoms with van der Waals surface area (Å²) in [6.07, 6.45) is -1.22. The van der Waals surface area contributed by atoms with Crippen LogP contribution in [0.15, 0.2) is 77.7 Å². The van der Waals surface area contributed by atoms with Crippen LogP contribution in [0.1, 0.15) is 53.3 Å². The summed E-state index contributed by atoms with van der Waals surface area (Å²) >= 11 is 1.45. The SMILES string of the molecule is CC(=O)Nc1cccc([C@H]2O[C@@H](CSc3ccccc3C(=O)O)[C@@H](C)[C@@H](c3ccc(CO)cc3)O2)c1. The van der Waals surface area contributed by atoms with Crippen LogP contribution in [0.25, 0.3) is 0 Å². The second kappa shape index (κ2) is 11.7. The van der Waals surface area contributed by atoms with Crippen LogP contribution in [-0.4, -0.2) is 33.9 Å². The molecule has 4 rings (SSSR count). The van der Waals surface area contributed by atoms with Crippen molar-refractivity contribution in [2.24, 2.45) is 5.92 Å². The van der Waals surface area contributed by atoms with E-state index in [1.54, 1.807) is 24.3 Å². The van der Waals surface area contributed by atoms with E-state index in [9.17, 15) is 19.8 Å². The van der Waals surface area contributed by atoms with Crippen LogP contribution < -0.4 is 5.32 Å². The summed E-state index contributed by atoms with van der Waals surface area (Å²) in [7, 11) is 0. The minimum Gasteiger partial charge on any atom is -0.478 e. The number of carbonyl (C=O) groups excluding carboxylic acids is 1. The van der Waals surface area contributed by atoms with Crippen LogP contribution in [-0.2, 0) is 20.9 Å². The quantitative estimate of drug-likeness (QED) is 0.350. The van der Waals surface area contributed by atoms with Crippen LogP contribution in [0.5, 0.6) is 0 Å². The fourth-order valence-corrected chi connectivity index (χ4v) is 5.43. The third-order valence-corrected chi connectivity index (χ3v) is 7.29. The molecule has 4 atom stereocenters. The van der Waals surface area contributed by atoms with E-state index in [4.69, 9.17) is 9.47 Å². The first-order valence-electron chi connectivity index (χ1n) is 11.7. The number of aromatic carboxylic acids is 1. The van der Waals surface area contributed by atoms with Gasteiger partial charge in [0.05, 0.1) is 24.4 Å². The van der Waals surface area contributed by atoms with E-state index in [0.717, 1.165) is 16.7 Å². The van der Waals surface area contributed by atoms with Crippen LogP contribution in [0.2, 0.25) is 0 Å². The molecule has 1 fully saturated rings. The third-order valence-electron chi connectivity index (χ3n) is 6.12. The monoisotopic (exact) mass is 507 g/mol. The van der Waals surface area contributed by atoms with E-state index < -0.39 is 12.3 Å². The van der Waals surface area contributed by atoms with Crippen LogP contribution in [0.4, 0.5) is 5.69 Å². The zero-order valence-corrected chi connectivity index (χ0v) is 20.9. The topological polar surface area (TPSA) is 105 Å². The number of carbonyl (C=O) groups is 2. The minimum absolute atomic E-state index is 0.0364. The lowest BCUT2D eigenvalue weighted by Crippen LogP contribution is -2.38. The Balaban J connectivity index is 1.62. The van der Waals surface area contributed by atoms with Crippen molar-refractivity contribution >= 4 is 29.3 Å². The van der Waals surface area contributed by atoms with Crippen molar-refractivity contribution in [2.45, 2.75) is 43.8 Å². The van der Waals surface area contributed by atoms with Gasteiger partial charge in [-0.25, -0.2) is 4.79 Å². The number of hydrogen-bond acceptors (Lipinski definition) is 6. The first kappa shape index (κ1) is 25.9. The number of carboxylic acid groups (broad SMARTS) is 1. The second-order valence-corrected chi connectivity index (χ2v) is 9.80. The third kappa shape index (κ3) is 6.14. The Bertz CT molecular complexity index is 1210. The highest BCUT2D eigenvalue weighted by Crippen LogP contribution is 2.43. The van der Waals surface area contributed by atoms with E-state index in [1.165, 1.54) is 18.7 Å². The summed E-state index contributed by atoms with van der Waals surface area (Å²) in [5.74, 6) is -0.639. The number of thioether (sulfide) groups is 1. The van der Waals surface area contributed by atoms with Crippen molar-refractivity contribution < 1.29 is 29.3 Å². The highest BCUT2D eigenvalue weighted by atomic mass is 32.2. The Hall–Kier alpha value is -3.17. The number of rotatable bonds is 8. The van der Waals surface area contributed by atoms with Crippen molar-refractivity contribution in [3.05, 3.63) is 95.1 Å². The minimum atomic E-state index is -0.964. The molecule has 0 bridgehead atoms. The molecule has 1 amide bonds. The molecular formula is C28H29NO6S. The molecule has 1 saturated heterocycles. The van der Waals surface area contributed by atoms with Gasteiger partial charge in [0.2, 0.25) is 5.91 Å². The standard InChI is InChI=1S/C28H29NO6S/c1-17-24(16-36-25-9-4-3-8-23(25)27(32)33)34-28(21-6-5-7-22(14-21)29-18(2)31)35-26(17)20-12-10-19(15-30)11-13-20/h3-14,17,24,26,28,30H,15-16H2,1-2H3,(H,29,31)(H,32,33)/t17-,24+,26+,28+/m1/s1. The Morgan fingerprint density at radius 1 is 0.972 bits per heavy atom. The van der Waals surface area contributed by atoms with Gasteiger partial charge in [-0.1, -0.05) is 55.5 Å². The smallest absolute Gasteiger partial charge is 0.336 e. The predicted octanol–water partition coefficient (Wildman–Crippen LogP) is 5.42. The van der Waals surface area contributed by atoms with Crippen molar-refractivity contribution in [2.75, 3.05) is 11.1 Å². The molecule has 3 aromatic rings. The molecule has 3 aromatic carbocycles. The molecule has 36 heavy (non-hydrogen) atoms. The van der Waals surface area contributed by atoms with E-state index in [-0.39, 0.29) is 36.2 Å². The average Bonchev–Trinajstić information content (AvgIpc) is 2.88. The lowest BCUT2D eigenvalue weighted by atomic mass is 9.91. The van der Waals surface area contributed by atoms with E-state index in [0.29, 0.717) is 16.3 Å². The molecule has 0 radical (unpaired) electrons. The maximum absolute atomic E-state index is 11.7. The number of benzene rings is 3. The van der Waals surface area contributed by atoms with E-state index in [2.05, 4.69) is 12.2 Å². The number of carboxylic acids is 1. The Morgan fingerprint density at radius 3 is 2.42 bits per heavy atom. The second-order valence-electron chi connectivity index (χ2n) is 8.74. The van der Waals surface area contributed by atoms with Gasteiger partial charge in [-0.05, 0) is 35.4 Å². The molecule has 1 aliphatic heterocycles. The van der Waals surface area contributed by atoms with Crippen LogP contribution >= 0.6 is 11.8 Å². The van der Waals surface area contributed by atoms with Gasteiger partial charge in [-0.2, -0.15) is 0 Å². The fraction of sp³-hybridized carbons (Fsp3) is 0.286. The summed E-state index contributed by atoms with van der Waals surface area (Å²) in [4.78, 5) is 23.9. The van der Waals surface area contributed by atoms with Crippen LogP contribution in [0, 0.1) is 5.92 Å². The van der Waals surface area contributed by atoms with Crippen molar-refractivity contribution in [1.82, 2.24) is 0 Å². The molecule has 188 valence electrons. The summed E-state index contributed by atoms with van der Waals surface area (Å²) in [5, 5.41) is 21.8. The molecule has 3 N–H and O–H groups in total. The lowest BCUT2D eigenvalue weighted by molar-refractivity contribution is -0.268. The lowest BCUT2D eigenvalue weighted by Gasteiger charge is -2.41. The number of ether oxygens (including phenoxy) is 2. The normalized spacial score (nSPS) is 21.6. The molecular weight excluding hydrogens is 478 g/mol. The molecule has 0 aliphatic carbocycles. The molecule has 1 heterocycles. The number of hydrogen-bond donors (Lipinski definition) is 3. The number of aliphatic hydroxyl groups is 1. The first-order valence-corrected chi connectivity index (χ1v) is 12.7. The molecule has 0 saturated carbocycles. The summed E-state index contributed by atoms with van der Waals surface area (Å²) in [5.41, 5.74) is 3.46. The van der Waals surface area contributed by atoms with Gasteiger partial charge in [0.1, 0.15) is 0 Å².